The first kappa shape index (κ1) is 13.1. The van der Waals surface area contributed by atoms with Crippen molar-refractivity contribution < 1.29 is 4.79 Å². The molecule has 0 aliphatic rings. The summed E-state index contributed by atoms with van der Waals surface area (Å²) in [6.45, 7) is 4.68. The number of nitrogens with zero attached hydrogens (tertiary/aromatic N) is 1. The zero-order chi connectivity index (χ0) is 13.7. The summed E-state index contributed by atoms with van der Waals surface area (Å²) in [6.07, 6.45) is 1.67. The average molecular weight is 255 g/mol. The van der Waals surface area contributed by atoms with E-state index in [1.165, 1.54) is 0 Å². The number of hydrogen-bond donors (Lipinski definition) is 2. The van der Waals surface area contributed by atoms with Gasteiger partial charge in [0.15, 0.2) is 0 Å². The SMILES string of the molecule is CCNc1ncccc1C(=O)Nc1cccc(C)c1. The van der Waals surface area contributed by atoms with Crippen molar-refractivity contribution in [2.75, 3.05) is 17.2 Å². The summed E-state index contributed by atoms with van der Waals surface area (Å²) in [5.41, 5.74) is 2.44. The number of aromatic nitrogens is 1. The maximum atomic E-state index is 12.2. The molecule has 1 aromatic heterocycles. The molecular weight excluding hydrogens is 238 g/mol. The van der Waals surface area contributed by atoms with Crippen LogP contribution in [0.1, 0.15) is 22.8 Å². The molecule has 0 radical (unpaired) electrons. The first-order valence-electron chi connectivity index (χ1n) is 6.27. The van der Waals surface area contributed by atoms with E-state index in [4.69, 9.17) is 0 Å². The highest BCUT2D eigenvalue weighted by atomic mass is 16.1. The number of pyridine rings is 1. The Hall–Kier alpha value is -2.36. The van der Waals surface area contributed by atoms with Crippen molar-refractivity contribution in [2.24, 2.45) is 0 Å². The van der Waals surface area contributed by atoms with Gasteiger partial charge in [0.05, 0.1) is 5.56 Å². The molecule has 1 amide bonds. The number of carbonyl (C=O) groups excluding carboxylic acids is 1. The highest BCUT2D eigenvalue weighted by Gasteiger charge is 2.11. The fraction of sp³-hybridized carbons (Fsp3) is 0.200. The minimum absolute atomic E-state index is 0.158. The lowest BCUT2D eigenvalue weighted by atomic mass is 10.2. The third kappa shape index (κ3) is 3.31. The molecule has 0 saturated carbocycles. The Morgan fingerprint density at radius 1 is 1.26 bits per heavy atom. The Morgan fingerprint density at radius 3 is 2.84 bits per heavy atom. The van der Waals surface area contributed by atoms with Crippen molar-refractivity contribution in [2.45, 2.75) is 13.8 Å². The van der Waals surface area contributed by atoms with E-state index in [-0.39, 0.29) is 5.91 Å². The third-order valence-corrected chi connectivity index (χ3v) is 2.67. The molecule has 0 aliphatic heterocycles. The van der Waals surface area contributed by atoms with E-state index < -0.39 is 0 Å². The highest BCUT2D eigenvalue weighted by molar-refractivity contribution is 6.07. The number of hydrogen-bond acceptors (Lipinski definition) is 3. The molecule has 0 spiro atoms. The van der Waals surface area contributed by atoms with Gasteiger partial charge in [0.2, 0.25) is 0 Å². The fourth-order valence-electron chi connectivity index (χ4n) is 1.82. The van der Waals surface area contributed by atoms with E-state index in [0.29, 0.717) is 11.4 Å². The smallest absolute Gasteiger partial charge is 0.259 e. The monoisotopic (exact) mass is 255 g/mol. The molecule has 2 rings (SSSR count). The summed E-state index contributed by atoms with van der Waals surface area (Å²) in [5.74, 6) is 0.449. The third-order valence-electron chi connectivity index (χ3n) is 2.67. The Kier molecular flexibility index (Phi) is 4.13. The van der Waals surface area contributed by atoms with Crippen LogP contribution in [0.2, 0.25) is 0 Å². The van der Waals surface area contributed by atoms with Crippen molar-refractivity contribution in [3.8, 4) is 0 Å². The maximum absolute atomic E-state index is 12.2. The van der Waals surface area contributed by atoms with Crippen LogP contribution in [0.15, 0.2) is 42.6 Å². The number of amides is 1. The van der Waals surface area contributed by atoms with Crippen LogP contribution in [0.4, 0.5) is 11.5 Å². The molecular formula is C15H17N3O. The average Bonchev–Trinajstić information content (AvgIpc) is 2.39. The molecule has 1 heterocycles. The maximum Gasteiger partial charge on any atom is 0.259 e. The van der Waals surface area contributed by atoms with Crippen LogP contribution in [0.5, 0.6) is 0 Å². The summed E-state index contributed by atoms with van der Waals surface area (Å²) in [6, 6.07) is 11.2. The lowest BCUT2D eigenvalue weighted by molar-refractivity contribution is 0.102. The van der Waals surface area contributed by atoms with Crippen LogP contribution >= 0.6 is 0 Å². The minimum Gasteiger partial charge on any atom is -0.370 e. The standard InChI is InChI=1S/C15H17N3O/c1-3-16-14-13(8-5-9-17-14)15(19)18-12-7-4-6-11(2)10-12/h4-10H,3H2,1-2H3,(H,16,17)(H,18,19). The van der Waals surface area contributed by atoms with E-state index in [1.54, 1.807) is 18.3 Å². The minimum atomic E-state index is -0.158. The van der Waals surface area contributed by atoms with Gasteiger partial charge in [-0.15, -0.1) is 0 Å². The molecule has 0 saturated heterocycles. The van der Waals surface area contributed by atoms with Gasteiger partial charge in [-0.05, 0) is 43.7 Å². The van der Waals surface area contributed by atoms with Crippen LogP contribution in [0.3, 0.4) is 0 Å². The molecule has 0 fully saturated rings. The van der Waals surface area contributed by atoms with E-state index in [0.717, 1.165) is 17.8 Å². The van der Waals surface area contributed by atoms with Crippen molar-refractivity contribution in [1.82, 2.24) is 4.98 Å². The first-order valence-corrected chi connectivity index (χ1v) is 6.27. The van der Waals surface area contributed by atoms with Crippen molar-refractivity contribution >= 4 is 17.4 Å². The lowest BCUT2D eigenvalue weighted by Crippen LogP contribution is -2.15. The summed E-state index contributed by atoms with van der Waals surface area (Å²) in [4.78, 5) is 16.4. The molecule has 4 nitrogen and oxygen atoms in total. The van der Waals surface area contributed by atoms with E-state index in [2.05, 4.69) is 15.6 Å². The number of benzene rings is 1. The molecule has 19 heavy (non-hydrogen) atoms. The summed E-state index contributed by atoms with van der Waals surface area (Å²) < 4.78 is 0. The number of rotatable bonds is 4. The van der Waals surface area contributed by atoms with Crippen LogP contribution in [0, 0.1) is 6.92 Å². The molecule has 0 bridgehead atoms. The topological polar surface area (TPSA) is 54.0 Å². The lowest BCUT2D eigenvalue weighted by Gasteiger charge is -2.10. The molecule has 2 aromatic rings. The zero-order valence-corrected chi connectivity index (χ0v) is 11.1. The van der Waals surface area contributed by atoms with Gasteiger partial charge in [-0.1, -0.05) is 12.1 Å². The number of carbonyl (C=O) groups is 1. The normalized spacial score (nSPS) is 10.0. The molecule has 0 atom stereocenters. The van der Waals surface area contributed by atoms with Crippen LogP contribution in [0.25, 0.3) is 0 Å². The van der Waals surface area contributed by atoms with Gasteiger partial charge in [-0.2, -0.15) is 0 Å². The van der Waals surface area contributed by atoms with E-state index in [9.17, 15) is 4.79 Å². The Labute approximate surface area is 112 Å². The molecule has 1 aromatic carbocycles. The van der Waals surface area contributed by atoms with Crippen LogP contribution in [-0.4, -0.2) is 17.4 Å². The van der Waals surface area contributed by atoms with Crippen LogP contribution < -0.4 is 10.6 Å². The quantitative estimate of drug-likeness (QED) is 0.882. The Morgan fingerprint density at radius 2 is 2.11 bits per heavy atom. The molecule has 98 valence electrons. The van der Waals surface area contributed by atoms with Gasteiger partial charge >= 0.3 is 0 Å². The highest BCUT2D eigenvalue weighted by Crippen LogP contribution is 2.15. The van der Waals surface area contributed by atoms with Gasteiger partial charge < -0.3 is 10.6 Å². The summed E-state index contributed by atoms with van der Waals surface area (Å²) in [7, 11) is 0. The zero-order valence-electron chi connectivity index (χ0n) is 11.1. The summed E-state index contributed by atoms with van der Waals surface area (Å²) in [5, 5.41) is 5.96. The first-order chi connectivity index (χ1) is 9.20. The van der Waals surface area contributed by atoms with Crippen LogP contribution in [-0.2, 0) is 0 Å². The molecule has 2 N–H and O–H groups in total. The van der Waals surface area contributed by atoms with Gasteiger partial charge in [0, 0.05) is 18.4 Å². The Balaban J connectivity index is 2.20. The number of aryl methyl sites for hydroxylation is 1. The predicted octanol–water partition coefficient (Wildman–Crippen LogP) is 3.07. The Bertz CT molecular complexity index is 581. The van der Waals surface area contributed by atoms with Crippen molar-refractivity contribution in [3.05, 3.63) is 53.7 Å². The van der Waals surface area contributed by atoms with Gasteiger partial charge in [-0.25, -0.2) is 4.98 Å². The molecule has 0 aliphatic carbocycles. The number of anilines is 2. The largest absolute Gasteiger partial charge is 0.370 e. The van der Waals surface area contributed by atoms with Crippen molar-refractivity contribution in [1.29, 1.82) is 0 Å². The predicted molar refractivity (Wildman–Crippen MR) is 77.5 cm³/mol. The van der Waals surface area contributed by atoms with Crippen molar-refractivity contribution in [3.63, 3.8) is 0 Å². The summed E-state index contributed by atoms with van der Waals surface area (Å²) >= 11 is 0. The molecule has 0 unspecified atom stereocenters. The molecule has 4 heteroatoms. The fourth-order valence-corrected chi connectivity index (χ4v) is 1.82. The second kappa shape index (κ2) is 6.00. The number of nitrogens with one attached hydrogen (secondary N) is 2. The van der Waals surface area contributed by atoms with Gasteiger partial charge in [0.25, 0.3) is 5.91 Å². The second-order valence-electron chi connectivity index (χ2n) is 4.25. The van der Waals surface area contributed by atoms with E-state index >= 15 is 0 Å². The second-order valence-corrected chi connectivity index (χ2v) is 4.25. The van der Waals surface area contributed by atoms with Gasteiger partial charge in [-0.3, -0.25) is 4.79 Å². The van der Waals surface area contributed by atoms with E-state index in [1.807, 2.05) is 38.1 Å². The van der Waals surface area contributed by atoms with Gasteiger partial charge in [0.1, 0.15) is 5.82 Å².